The highest BCUT2D eigenvalue weighted by molar-refractivity contribution is 5.78. The first-order chi connectivity index (χ1) is 10.2. The summed E-state index contributed by atoms with van der Waals surface area (Å²) >= 11 is 0. The number of nitrogens with zero attached hydrogens (tertiary/aromatic N) is 2. The number of aliphatic imine (C=N–C) groups is 1. The van der Waals surface area contributed by atoms with Crippen molar-refractivity contribution in [3.05, 3.63) is 29.8 Å². The number of para-hydroxylation sites is 1. The van der Waals surface area contributed by atoms with E-state index in [1.165, 1.54) is 19.3 Å². The summed E-state index contributed by atoms with van der Waals surface area (Å²) in [4.78, 5) is 6.72. The summed E-state index contributed by atoms with van der Waals surface area (Å²) in [6.45, 7) is 6.87. The predicted octanol–water partition coefficient (Wildman–Crippen LogP) is 2.95. The van der Waals surface area contributed by atoms with Gasteiger partial charge < -0.3 is 15.4 Å². The summed E-state index contributed by atoms with van der Waals surface area (Å²) in [5.74, 6) is 1.61. The zero-order valence-electron chi connectivity index (χ0n) is 13.2. The molecule has 0 saturated carbocycles. The van der Waals surface area contributed by atoms with Crippen molar-refractivity contribution in [3.8, 4) is 5.75 Å². The zero-order chi connectivity index (χ0) is 15.1. The summed E-state index contributed by atoms with van der Waals surface area (Å²) in [5.41, 5.74) is 7.25. The number of hydrogen-bond donors (Lipinski definition) is 1. The number of nitrogens with two attached hydrogens (primary N) is 1. The first-order valence-corrected chi connectivity index (χ1v) is 7.98. The minimum absolute atomic E-state index is 0.0782. The van der Waals surface area contributed by atoms with E-state index in [9.17, 15) is 0 Å². The molecule has 0 aromatic heterocycles. The molecule has 1 atom stereocenters. The lowest BCUT2D eigenvalue weighted by Gasteiger charge is -2.28. The Kier molecular flexibility index (Phi) is 5.90. The van der Waals surface area contributed by atoms with E-state index in [2.05, 4.69) is 29.8 Å². The Balaban J connectivity index is 1.91. The van der Waals surface area contributed by atoms with E-state index in [-0.39, 0.29) is 6.10 Å². The van der Waals surface area contributed by atoms with Gasteiger partial charge in [0.1, 0.15) is 11.9 Å². The lowest BCUT2D eigenvalue weighted by Crippen LogP contribution is -2.41. The molecule has 21 heavy (non-hydrogen) atoms. The van der Waals surface area contributed by atoms with Crippen LogP contribution in [-0.4, -0.2) is 36.6 Å². The van der Waals surface area contributed by atoms with E-state index >= 15 is 0 Å². The Labute approximate surface area is 128 Å². The molecule has 116 valence electrons. The molecule has 0 radical (unpaired) electrons. The van der Waals surface area contributed by atoms with Gasteiger partial charge in [-0.3, -0.25) is 0 Å². The number of piperidine rings is 1. The van der Waals surface area contributed by atoms with E-state index in [0.29, 0.717) is 12.5 Å². The molecule has 0 bridgehead atoms. The SMILES string of the molecule is CCC(CN=C(N)N1CCCCC1)Oc1ccccc1C. The molecule has 4 heteroatoms. The van der Waals surface area contributed by atoms with Gasteiger partial charge in [-0.2, -0.15) is 0 Å². The van der Waals surface area contributed by atoms with Crippen molar-refractivity contribution in [2.75, 3.05) is 19.6 Å². The lowest BCUT2D eigenvalue weighted by molar-refractivity contribution is 0.203. The van der Waals surface area contributed by atoms with Gasteiger partial charge in [0.05, 0.1) is 6.54 Å². The maximum atomic E-state index is 6.10. The number of likely N-dealkylation sites (tertiary alicyclic amines) is 1. The predicted molar refractivity (Wildman–Crippen MR) is 87.8 cm³/mol. The molecule has 2 rings (SSSR count). The fraction of sp³-hybridized carbons (Fsp3) is 0.588. The number of benzene rings is 1. The standard InChI is InChI=1S/C17H27N3O/c1-3-15(21-16-10-6-5-9-14(16)2)13-19-17(18)20-11-7-4-8-12-20/h5-6,9-10,15H,3-4,7-8,11-13H2,1-2H3,(H2,18,19). The molecule has 2 N–H and O–H groups in total. The highest BCUT2D eigenvalue weighted by Gasteiger charge is 2.13. The molecule has 1 aliphatic heterocycles. The van der Waals surface area contributed by atoms with Gasteiger partial charge in [-0.05, 0) is 44.2 Å². The van der Waals surface area contributed by atoms with Gasteiger partial charge in [0.25, 0.3) is 0 Å². The van der Waals surface area contributed by atoms with Gasteiger partial charge in [-0.15, -0.1) is 0 Å². The molecule has 1 aromatic carbocycles. The van der Waals surface area contributed by atoms with Crippen LogP contribution < -0.4 is 10.5 Å². The molecular formula is C17H27N3O. The summed E-state index contributed by atoms with van der Waals surface area (Å²) in [6, 6.07) is 8.10. The average Bonchev–Trinajstić information content (AvgIpc) is 2.53. The largest absolute Gasteiger partial charge is 0.488 e. The first-order valence-electron chi connectivity index (χ1n) is 7.98. The maximum absolute atomic E-state index is 6.10. The van der Waals surface area contributed by atoms with E-state index in [1.54, 1.807) is 0 Å². The van der Waals surface area contributed by atoms with Crippen molar-refractivity contribution < 1.29 is 4.74 Å². The van der Waals surface area contributed by atoms with Gasteiger partial charge >= 0.3 is 0 Å². The normalized spacial score (nSPS) is 17.6. The highest BCUT2D eigenvalue weighted by Crippen LogP contribution is 2.19. The minimum Gasteiger partial charge on any atom is -0.488 e. The number of hydrogen-bond acceptors (Lipinski definition) is 2. The van der Waals surface area contributed by atoms with Gasteiger partial charge in [0.2, 0.25) is 0 Å². The smallest absolute Gasteiger partial charge is 0.191 e. The van der Waals surface area contributed by atoms with Crippen LogP contribution in [0.1, 0.15) is 38.2 Å². The molecule has 4 nitrogen and oxygen atoms in total. The van der Waals surface area contributed by atoms with E-state index < -0.39 is 0 Å². The molecule has 0 spiro atoms. The topological polar surface area (TPSA) is 50.8 Å². The first kappa shape index (κ1) is 15.7. The third kappa shape index (κ3) is 4.66. The number of ether oxygens (including phenoxy) is 1. The molecule has 0 amide bonds. The van der Waals surface area contributed by atoms with Crippen molar-refractivity contribution in [1.82, 2.24) is 4.90 Å². The number of rotatable bonds is 5. The Hall–Kier alpha value is -1.71. The van der Waals surface area contributed by atoms with Crippen LogP contribution in [0.25, 0.3) is 0 Å². The summed E-state index contributed by atoms with van der Waals surface area (Å²) < 4.78 is 6.05. The van der Waals surface area contributed by atoms with Crippen molar-refractivity contribution in [2.45, 2.75) is 45.6 Å². The van der Waals surface area contributed by atoms with Crippen molar-refractivity contribution in [3.63, 3.8) is 0 Å². The fourth-order valence-electron chi connectivity index (χ4n) is 2.54. The van der Waals surface area contributed by atoms with Gasteiger partial charge in [-0.1, -0.05) is 25.1 Å². The number of aryl methyl sites for hydroxylation is 1. The van der Waals surface area contributed by atoms with Crippen molar-refractivity contribution in [2.24, 2.45) is 10.7 Å². The molecule has 1 saturated heterocycles. The zero-order valence-corrected chi connectivity index (χ0v) is 13.2. The Morgan fingerprint density at radius 1 is 1.29 bits per heavy atom. The Bertz CT molecular complexity index is 467. The molecular weight excluding hydrogens is 262 g/mol. The van der Waals surface area contributed by atoms with Crippen LogP contribution in [0.15, 0.2) is 29.3 Å². The second-order valence-corrected chi connectivity index (χ2v) is 5.66. The Morgan fingerprint density at radius 3 is 2.67 bits per heavy atom. The number of guanidine groups is 1. The summed E-state index contributed by atoms with van der Waals surface area (Å²) in [7, 11) is 0. The molecule has 1 aliphatic rings. The average molecular weight is 289 g/mol. The van der Waals surface area contributed by atoms with Crippen LogP contribution in [-0.2, 0) is 0 Å². The van der Waals surface area contributed by atoms with Crippen LogP contribution in [0.5, 0.6) is 5.75 Å². The van der Waals surface area contributed by atoms with Gasteiger partial charge in [0.15, 0.2) is 5.96 Å². The molecule has 1 heterocycles. The fourth-order valence-corrected chi connectivity index (χ4v) is 2.54. The van der Waals surface area contributed by atoms with E-state index in [1.807, 2.05) is 18.2 Å². The van der Waals surface area contributed by atoms with Crippen molar-refractivity contribution in [1.29, 1.82) is 0 Å². The second-order valence-electron chi connectivity index (χ2n) is 5.66. The lowest BCUT2D eigenvalue weighted by atomic mass is 10.1. The van der Waals surface area contributed by atoms with Crippen LogP contribution in [0, 0.1) is 6.92 Å². The van der Waals surface area contributed by atoms with Crippen LogP contribution in [0.3, 0.4) is 0 Å². The second kappa shape index (κ2) is 7.91. The minimum atomic E-state index is 0.0782. The van der Waals surface area contributed by atoms with E-state index in [0.717, 1.165) is 30.8 Å². The highest BCUT2D eigenvalue weighted by atomic mass is 16.5. The van der Waals surface area contributed by atoms with E-state index in [4.69, 9.17) is 10.5 Å². The van der Waals surface area contributed by atoms with Crippen molar-refractivity contribution >= 4 is 5.96 Å². The van der Waals surface area contributed by atoms with Crippen LogP contribution in [0.4, 0.5) is 0 Å². The van der Waals surface area contributed by atoms with Gasteiger partial charge in [0, 0.05) is 13.1 Å². The Morgan fingerprint density at radius 2 is 2.00 bits per heavy atom. The third-order valence-electron chi connectivity index (χ3n) is 3.98. The van der Waals surface area contributed by atoms with Crippen LogP contribution in [0.2, 0.25) is 0 Å². The maximum Gasteiger partial charge on any atom is 0.191 e. The molecule has 1 aromatic rings. The summed E-state index contributed by atoms with van der Waals surface area (Å²) in [5, 5.41) is 0. The quantitative estimate of drug-likeness (QED) is 0.670. The molecule has 0 aliphatic carbocycles. The molecule has 1 fully saturated rings. The third-order valence-corrected chi connectivity index (χ3v) is 3.98. The van der Waals surface area contributed by atoms with Crippen LogP contribution >= 0.6 is 0 Å². The molecule has 1 unspecified atom stereocenters. The monoisotopic (exact) mass is 289 g/mol. The summed E-state index contributed by atoms with van der Waals surface area (Å²) in [6.07, 6.45) is 4.73. The van der Waals surface area contributed by atoms with Gasteiger partial charge in [-0.25, -0.2) is 4.99 Å².